The number of hydrogen-bond acceptors (Lipinski definition) is 7. The highest BCUT2D eigenvalue weighted by atomic mass is 32.2. The molecule has 0 aliphatic carbocycles. The summed E-state index contributed by atoms with van der Waals surface area (Å²) in [4.78, 5) is 17.2. The molecule has 0 spiro atoms. The van der Waals surface area contributed by atoms with Gasteiger partial charge in [-0.3, -0.25) is 14.8 Å². The molecule has 0 bridgehead atoms. The minimum absolute atomic E-state index is 0.310. The molecule has 1 heterocycles. The molecule has 10 heteroatoms. The molecule has 3 aromatic rings. The first-order chi connectivity index (χ1) is 15.6. The first kappa shape index (κ1) is 24.5. The second-order valence-electron chi connectivity index (χ2n) is 7.84. The van der Waals surface area contributed by atoms with Gasteiger partial charge in [-0.2, -0.15) is 0 Å². The monoisotopic (exact) mass is 489 g/mol. The molecule has 8 nitrogen and oxygen atoms in total. The molecule has 176 valence electrons. The average molecular weight is 490 g/mol. The molecule has 0 fully saturated rings. The van der Waals surface area contributed by atoms with Crippen LogP contribution in [-0.2, 0) is 10.0 Å². The van der Waals surface area contributed by atoms with Gasteiger partial charge in [0.2, 0.25) is 10.0 Å². The summed E-state index contributed by atoms with van der Waals surface area (Å²) in [5, 5.41) is 5.07. The fourth-order valence-electron chi connectivity index (χ4n) is 2.89. The van der Waals surface area contributed by atoms with Crippen LogP contribution in [0.25, 0.3) is 11.3 Å². The molecular formula is C23H27N3O5S2. The highest BCUT2D eigenvalue weighted by Gasteiger charge is 2.14. The molecule has 0 saturated heterocycles. The Morgan fingerprint density at radius 2 is 1.85 bits per heavy atom. The van der Waals surface area contributed by atoms with Crippen molar-refractivity contribution >= 4 is 38.1 Å². The number of methoxy groups -OCH3 is 1. The van der Waals surface area contributed by atoms with Gasteiger partial charge in [-0.05, 0) is 42.7 Å². The van der Waals surface area contributed by atoms with E-state index in [1.807, 2.05) is 5.38 Å². The van der Waals surface area contributed by atoms with E-state index in [-0.39, 0.29) is 5.91 Å². The van der Waals surface area contributed by atoms with E-state index >= 15 is 0 Å². The van der Waals surface area contributed by atoms with E-state index in [1.165, 1.54) is 18.4 Å². The third kappa shape index (κ3) is 7.19. The summed E-state index contributed by atoms with van der Waals surface area (Å²) >= 11 is 1.30. The number of thiazole rings is 1. The Bertz CT molecular complexity index is 1210. The number of nitrogens with zero attached hydrogens (tertiary/aromatic N) is 1. The van der Waals surface area contributed by atoms with E-state index < -0.39 is 10.0 Å². The second kappa shape index (κ2) is 10.7. The molecule has 0 atom stereocenters. The Labute approximate surface area is 198 Å². The van der Waals surface area contributed by atoms with Crippen molar-refractivity contribution in [2.24, 2.45) is 5.92 Å². The number of hydrogen-bond donors (Lipinski definition) is 2. The lowest BCUT2D eigenvalue weighted by atomic mass is 10.1. The number of ether oxygens (including phenoxy) is 2. The highest BCUT2D eigenvalue weighted by molar-refractivity contribution is 7.92. The van der Waals surface area contributed by atoms with Crippen LogP contribution in [-0.4, -0.2) is 39.3 Å². The maximum absolute atomic E-state index is 12.7. The number of nitrogens with one attached hydrogen (secondary N) is 2. The zero-order valence-corrected chi connectivity index (χ0v) is 20.5. The number of carbonyl (C=O) groups excluding carboxylic acids is 1. The molecule has 0 aliphatic heterocycles. The Balaban J connectivity index is 1.66. The molecule has 33 heavy (non-hydrogen) atoms. The molecule has 0 unspecified atom stereocenters. The molecular weight excluding hydrogens is 462 g/mol. The standard InChI is InChI=1S/C23H27N3O5S2/c1-15(2)11-12-31-20-10-7-17(13-21(20)30-3)22(27)25-23-24-19(14-32-23)16-5-8-18(9-6-16)26-33(4,28)29/h5-10,13-15,26H,11-12H2,1-4H3,(H,24,25,27). The van der Waals surface area contributed by atoms with E-state index in [4.69, 9.17) is 9.47 Å². The number of carbonyl (C=O) groups is 1. The lowest BCUT2D eigenvalue weighted by Gasteiger charge is -2.13. The van der Waals surface area contributed by atoms with Crippen molar-refractivity contribution < 1.29 is 22.7 Å². The van der Waals surface area contributed by atoms with Crippen molar-refractivity contribution in [3.05, 3.63) is 53.4 Å². The smallest absolute Gasteiger partial charge is 0.257 e. The predicted octanol–water partition coefficient (Wildman–Crippen LogP) is 4.87. The fourth-order valence-corrected chi connectivity index (χ4v) is 4.17. The number of aromatic nitrogens is 1. The second-order valence-corrected chi connectivity index (χ2v) is 10.4. The van der Waals surface area contributed by atoms with Gasteiger partial charge in [0.05, 0.1) is 25.7 Å². The predicted molar refractivity (Wildman–Crippen MR) is 132 cm³/mol. The molecule has 0 radical (unpaired) electrons. The fraction of sp³-hybridized carbons (Fsp3) is 0.304. The van der Waals surface area contributed by atoms with E-state index in [2.05, 4.69) is 28.9 Å². The van der Waals surface area contributed by atoms with Gasteiger partial charge in [0.25, 0.3) is 5.91 Å². The van der Waals surface area contributed by atoms with Gasteiger partial charge in [0, 0.05) is 22.2 Å². The summed E-state index contributed by atoms with van der Waals surface area (Å²) in [6.07, 6.45) is 2.02. The summed E-state index contributed by atoms with van der Waals surface area (Å²) in [5.41, 5.74) is 2.37. The minimum atomic E-state index is -3.33. The van der Waals surface area contributed by atoms with Gasteiger partial charge in [0.15, 0.2) is 16.6 Å². The topological polar surface area (TPSA) is 107 Å². The maximum Gasteiger partial charge on any atom is 0.257 e. The molecule has 3 rings (SSSR count). The molecule has 0 saturated carbocycles. The Hall–Kier alpha value is -3.11. The third-order valence-electron chi connectivity index (χ3n) is 4.59. The summed E-state index contributed by atoms with van der Waals surface area (Å²) in [6, 6.07) is 11.9. The quantitative estimate of drug-likeness (QED) is 0.421. The van der Waals surface area contributed by atoms with Crippen LogP contribution in [0.2, 0.25) is 0 Å². The van der Waals surface area contributed by atoms with Gasteiger partial charge in [-0.15, -0.1) is 11.3 Å². The first-order valence-corrected chi connectivity index (χ1v) is 13.1. The van der Waals surface area contributed by atoms with Crippen molar-refractivity contribution in [3.8, 4) is 22.8 Å². The molecule has 0 aliphatic rings. The van der Waals surface area contributed by atoms with Gasteiger partial charge < -0.3 is 9.47 Å². The molecule has 2 aromatic carbocycles. The van der Waals surface area contributed by atoms with Crippen LogP contribution in [0.15, 0.2) is 47.8 Å². The summed E-state index contributed by atoms with van der Waals surface area (Å²) in [5.74, 6) is 1.32. The number of amides is 1. The van der Waals surface area contributed by atoms with Crippen LogP contribution >= 0.6 is 11.3 Å². The van der Waals surface area contributed by atoms with Crippen LogP contribution in [0.4, 0.5) is 10.8 Å². The van der Waals surface area contributed by atoms with E-state index in [9.17, 15) is 13.2 Å². The molecule has 1 amide bonds. The van der Waals surface area contributed by atoms with Gasteiger partial charge in [0.1, 0.15) is 0 Å². The summed E-state index contributed by atoms with van der Waals surface area (Å²) < 4.78 is 36.2. The Morgan fingerprint density at radius 3 is 2.48 bits per heavy atom. The number of sulfonamides is 1. The lowest BCUT2D eigenvalue weighted by molar-refractivity contribution is 0.102. The van der Waals surface area contributed by atoms with Crippen LogP contribution < -0.4 is 19.5 Å². The zero-order chi connectivity index (χ0) is 24.0. The van der Waals surface area contributed by atoms with Crippen molar-refractivity contribution in [1.82, 2.24) is 4.98 Å². The van der Waals surface area contributed by atoms with E-state index in [0.29, 0.717) is 46.1 Å². The summed E-state index contributed by atoms with van der Waals surface area (Å²) in [7, 11) is -1.80. The van der Waals surface area contributed by atoms with Gasteiger partial charge in [-0.25, -0.2) is 13.4 Å². The van der Waals surface area contributed by atoms with Crippen molar-refractivity contribution in [2.75, 3.05) is 30.0 Å². The Kier molecular flexibility index (Phi) is 7.93. The van der Waals surface area contributed by atoms with E-state index in [0.717, 1.165) is 18.2 Å². The minimum Gasteiger partial charge on any atom is -0.493 e. The van der Waals surface area contributed by atoms with E-state index in [1.54, 1.807) is 42.5 Å². The summed E-state index contributed by atoms with van der Waals surface area (Å²) in [6.45, 7) is 4.83. The van der Waals surface area contributed by atoms with Crippen LogP contribution in [0.5, 0.6) is 11.5 Å². The SMILES string of the molecule is COc1cc(C(=O)Nc2nc(-c3ccc(NS(C)(=O)=O)cc3)cs2)ccc1OCCC(C)C. The van der Waals surface area contributed by atoms with Crippen molar-refractivity contribution in [3.63, 3.8) is 0 Å². The van der Waals surface area contributed by atoms with Gasteiger partial charge >= 0.3 is 0 Å². The average Bonchev–Trinajstić information content (AvgIpc) is 3.21. The van der Waals surface area contributed by atoms with Crippen LogP contribution in [0.3, 0.4) is 0 Å². The largest absolute Gasteiger partial charge is 0.493 e. The zero-order valence-electron chi connectivity index (χ0n) is 18.9. The number of anilines is 2. The molecule has 2 N–H and O–H groups in total. The number of benzene rings is 2. The van der Waals surface area contributed by atoms with Gasteiger partial charge in [-0.1, -0.05) is 26.0 Å². The molecule has 1 aromatic heterocycles. The van der Waals surface area contributed by atoms with Crippen LogP contribution in [0.1, 0.15) is 30.6 Å². The highest BCUT2D eigenvalue weighted by Crippen LogP contribution is 2.30. The third-order valence-corrected chi connectivity index (χ3v) is 5.95. The first-order valence-electron chi connectivity index (χ1n) is 10.3. The maximum atomic E-state index is 12.7. The Morgan fingerprint density at radius 1 is 1.12 bits per heavy atom. The van der Waals surface area contributed by atoms with Crippen molar-refractivity contribution in [2.45, 2.75) is 20.3 Å². The normalized spacial score (nSPS) is 11.3. The van der Waals surface area contributed by atoms with Crippen molar-refractivity contribution in [1.29, 1.82) is 0 Å². The van der Waals surface area contributed by atoms with Crippen LogP contribution in [0, 0.1) is 5.92 Å². The lowest BCUT2D eigenvalue weighted by Crippen LogP contribution is -2.12. The number of rotatable bonds is 10.